The number of carbonyl (C=O) groups excluding carboxylic acids is 1. The minimum Gasteiger partial charge on any atom is -0.485 e. The van der Waals surface area contributed by atoms with Gasteiger partial charge in [-0.25, -0.2) is 30.7 Å². The Morgan fingerprint density at radius 2 is 1.54 bits per heavy atom. The Morgan fingerprint density at radius 3 is 2.15 bits per heavy atom. The van der Waals surface area contributed by atoms with Crippen molar-refractivity contribution < 1.29 is 40.3 Å². The lowest BCUT2D eigenvalue weighted by Gasteiger charge is -2.13. The van der Waals surface area contributed by atoms with Gasteiger partial charge in [0.1, 0.15) is 17.5 Å². The minimum absolute atomic E-state index is 0.0264. The normalized spacial score (nSPS) is 15.6. The molecule has 3 rings (SSSR count). The van der Waals surface area contributed by atoms with Gasteiger partial charge in [-0.2, -0.15) is 0 Å². The summed E-state index contributed by atoms with van der Waals surface area (Å²) in [4.78, 5) is 11.8. The highest BCUT2D eigenvalue weighted by molar-refractivity contribution is 5.94. The number of nitrogens with one attached hydrogen (secondary N) is 1. The van der Waals surface area contributed by atoms with E-state index in [1.807, 2.05) is 5.32 Å². The van der Waals surface area contributed by atoms with Gasteiger partial charge in [0, 0.05) is 18.1 Å². The quantitative estimate of drug-likeness (QED) is 0.505. The van der Waals surface area contributed by atoms with E-state index in [2.05, 4.69) is 0 Å². The average molecular weight is 379 g/mol. The molecule has 0 fully saturated rings. The lowest BCUT2D eigenvalue weighted by atomic mass is 10.1. The van der Waals surface area contributed by atoms with Gasteiger partial charge < -0.3 is 10.1 Å². The molecule has 3 nitrogen and oxygen atoms in total. The van der Waals surface area contributed by atoms with Gasteiger partial charge in [-0.1, -0.05) is 0 Å². The highest BCUT2D eigenvalue weighted by Crippen LogP contribution is 2.32. The summed E-state index contributed by atoms with van der Waals surface area (Å²) in [6, 6.07) is 1.61. The van der Waals surface area contributed by atoms with Gasteiger partial charge in [-0.15, -0.1) is 0 Å². The fourth-order valence-corrected chi connectivity index (χ4v) is 2.56. The fraction of sp³-hybridized carbons (Fsp3) is 0.188. The van der Waals surface area contributed by atoms with E-state index in [1.54, 1.807) is 0 Å². The predicted octanol–water partition coefficient (Wildman–Crippen LogP) is 3.39. The van der Waals surface area contributed by atoms with Crippen LogP contribution in [-0.4, -0.2) is 18.6 Å². The standard InChI is InChI=1S/C16H8F7NO2/c17-6-1-5-2-7(26-15(5)8(18)3-6)4-24-16(25)9-10(19)12(21)14(23)13(22)11(9)20/h1,3,7H,2,4H2,(H,24,25). The van der Waals surface area contributed by atoms with Crippen LogP contribution < -0.4 is 10.1 Å². The number of hydrogen-bond acceptors (Lipinski definition) is 2. The van der Waals surface area contributed by atoms with Crippen molar-refractivity contribution in [1.29, 1.82) is 0 Å². The van der Waals surface area contributed by atoms with Crippen LogP contribution in [-0.2, 0) is 6.42 Å². The molecule has 0 radical (unpaired) electrons. The van der Waals surface area contributed by atoms with Gasteiger partial charge in [0.25, 0.3) is 5.91 Å². The molecule has 0 aromatic heterocycles. The Balaban J connectivity index is 1.74. The Kier molecular flexibility index (Phi) is 4.51. The molecule has 0 spiro atoms. The molecule has 0 saturated carbocycles. The first-order valence-electron chi connectivity index (χ1n) is 7.15. The van der Waals surface area contributed by atoms with Crippen molar-refractivity contribution in [2.75, 3.05) is 6.54 Å². The van der Waals surface area contributed by atoms with E-state index in [0.29, 0.717) is 6.07 Å². The SMILES string of the molecule is O=C(NCC1Cc2cc(F)cc(F)c2O1)c1c(F)c(F)c(F)c(F)c1F. The summed E-state index contributed by atoms with van der Waals surface area (Å²) in [5.74, 6) is -15.0. The van der Waals surface area contributed by atoms with Crippen LogP contribution in [0.5, 0.6) is 5.75 Å². The van der Waals surface area contributed by atoms with Gasteiger partial charge >= 0.3 is 0 Å². The van der Waals surface area contributed by atoms with Crippen LogP contribution in [0.25, 0.3) is 0 Å². The maximum absolute atomic E-state index is 13.6. The zero-order chi connectivity index (χ0) is 19.2. The highest BCUT2D eigenvalue weighted by atomic mass is 19.2. The number of ether oxygens (including phenoxy) is 1. The molecule has 2 aromatic rings. The first-order chi connectivity index (χ1) is 12.2. The Bertz CT molecular complexity index is 887. The first-order valence-corrected chi connectivity index (χ1v) is 7.15. The summed E-state index contributed by atoms with van der Waals surface area (Å²) < 4.78 is 98.2. The van der Waals surface area contributed by atoms with Crippen LogP contribution in [0.3, 0.4) is 0 Å². The second-order valence-corrected chi connectivity index (χ2v) is 5.47. The average Bonchev–Trinajstić information content (AvgIpc) is 3.00. The molecule has 1 unspecified atom stereocenters. The van der Waals surface area contributed by atoms with Crippen LogP contribution >= 0.6 is 0 Å². The highest BCUT2D eigenvalue weighted by Gasteiger charge is 2.31. The Labute approximate surface area is 141 Å². The summed E-state index contributed by atoms with van der Waals surface area (Å²) in [6.45, 7) is -0.436. The molecule has 1 N–H and O–H groups in total. The molecular weight excluding hydrogens is 371 g/mol. The van der Waals surface area contributed by atoms with Crippen molar-refractivity contribution in [3.63, 3.8) is 0 Å². The van der Waals surface area contributed by atoms with E-state index in [0.717, 1.165) is 6.07 Å². The summed E-state index contributed by atoms with van der Waals surface area (Å²) in [5, 5.41) is 1.95. The van der Waals surface area contributed by atoms with Gasteiger partial charge in [0.2, 0.25) is 5.82 Å². The molecule has 0 aliphatic carbocycles. The summed E-state index contributed by atoms with van der Waals surface area (Å²) in [5.41, 5.74) is -1.47. The molecule has 1 heterocycles. The van der Waals surface area contributed by atoms with E-state index in [-0.39, 0.29) is 17.7 Å². The number of benzene rings is 2. The van der Waals surface area contributed by atoms with Crippen LogP contribution in [0.4, 0.5) is 30.7 Å². The molecule has 1 amide bonds. The third-order valence-electron chi connectivity index (χ3n) is 3.74. The number of fused-ring (bicyclic) bond motifs is 1. The molecule has 0 saturated heterocycles. The van der Waals surface area contributed by atoms with E-state index in [4.69, 9.17) is 4.74 Å². The zero-order valence-corrected chi connectivity index (χ0v) is 12.6. The van der Waals surface area contributed by atoms with Crippen molar-refractivity contribution in [2.45, 2.75) is 12.5 Å². The van der Waals surface area contributed by atoms with Crippen LogP contribution in [0.15, 0.2) is 12.1 Å². The van der Waals surface area contributed by atoms with E-state index >= 15 is 0 Å². The van der Waals surface area contributed by atoms with E-state index < -0.39 is 64.8 Å². The maximum Gasteiger partial charge on any atom is 0.257 e. The second kappa shape index (κ2) is 6.50. The molecular formula is C16H8F7NO2. The van der Waals surface area contributed by atoms with Crippen LogP contribution in [0, 0.1) is 40.7 Å². The number of rotatable bonds is 3. The lowest BCUT2D eigenvalue weighted by Crippen LogP contribution is -2.35. The Hall–Kier alpha value is -2.78. The van der Waals surface area contributed by atoms with Gasteiger partial charge in [-0.05, 0) is 6.07 Å². The molecule has 1 aliphatic rings. The minimum atomic E-state index is -2.39. The lowest BCUT2D eigenvalue weighted by molar-refractivity contribution is 0.0921. The number of halogens is 7. The third-order valence-corrected chi connectivity index (χ3v) is 3.74. The fourth-order valence-electron chi connectivity index (χ4n) is 2.56. The number of amides is 1. The topological polar surface area (TPSA) is 38.3 Å². The van der Waals surface area contributed by atoms with Crippen molar-refractivity contribution in [2.24, 2.45) is 0 Å². The van der Waals surface area contributed by atoms with Crippen LogP contribution in [0.1, 0.15) is 15.9 Å². The number of carbonyl (C=O) groups is 1. The maximum atomic E-state index is 13.6. The Morgan fingerprint density at radius 1 is 0.962 bits per heavy atom. The monoisotopic (exact) mass is 379 g/mol. The smallest absolute Gasteiger partial charge is 0.257 e. The third kappa shape index (κ3) is 2.95. The van der Waals surface area contributed by atoms with E-state index in [9.17, 15) is 35.5 Å². The molecule has 0 bridgehead atoms. The molecule has 10 heteroatoms. The van der Waals surface area contributed by atoms with Crippen molar-refractivity contribution in [3.8, 4) is 5.75 Å². The molecule has 2 aromatic carbocycles. The summed E-state index contributed by atoms with van der Waals surface area (Å²) in [7, 11) is 0. The van der Waals surface area contributed by atoms with Gasteiger partial charge in [0.05, 0.1) is 6.54 Å². The molecule has 1 aliphatic heterocycles. The van der Waals surface area contributed by atoms with Gasteiger partial charge in [0.15, 0.2) is 34.8 Å². The van der Waals surface area contributed by atoms with E-state index in [1.165, 1.54) is 0 Å². The first kappa shape index (κ1) is 18.0. The second-order valence-electron chi connectivity index (χ2n) is 5.47. The van der Waals surface area contributed by atoms with Crippen molar-refractivity contribution in [3.05, 3.63) is 64.0 Å². The molecule has 26 heavy (non-hydrogen) atoms. The van der Waals surface area contributed by atoms with Crippen molar-refractivity contribution >= 4 is 5.91 Å². The van der Waals surface area contributed by atoms with Gasteiger partial charge in [-0.3, -0.25) is 4.79 Å². The van der Waals surface area contributed by atoms with Crippen molar-refractivity contribution in [1.82, 2.24) is 5.32 Å². The van der Waals surface area contributed by atoms with Crippen LogP contribution in [0.2, 0.25) is 0 Å². The number of hydrogen-bond donors (Lipinski definition) is 1. The zero-order valence-electron chi connectivity index (χ0n) is 12.6. The summed E-state index contributed by atoms with van der Waals surface area (Å²) >= 11 is 0. The summed E-state index contributed by atoms with van der Waals surface area (Å²) in [6.07, 6.45) is -0.937. The predicted molar refractivity (Wildman–Crippen MR) is 73.0 cm³/mol. The molecule has 138 valence electrons. The molecule has 1 atom stereocenters. The largest absolute Gasteiger partial charge is 0.485 e.